The molecule has 0 aliphatic heterocycles. The molecule has 0 saturated heterocycles. The number of fused-ring (bicyclic) bond motifs is 4. The van der Waals surface area contributed by atoms with Gasteiger partial charge in [-0.15, -0.1) is 21.5 Å². The van der Waals surface area contributed by atoms with Crippen LogP contribution in [0.5, 0.6) is 0 Å². The van der Waals surface area contributed by atoms with Crippen molar-refractivity contribution in [2.24, 2.45) is 0 Å². The Kier molecular flexibility index (Phi) is 8.52. The van der Waals surface area contributed by atoms with E-state index in [-0.39, 0.29) is 0 Å². The van der Waals surface area contributed by atoms with E-state index in [0.717, 1.165) is 87.1 Å². The molecule has 11 rings (SSSR count). The number of thiophene rings is 1. The Hall–Kier alpha value is -7.81. The van der Waals surface area contributed by atoms with E-state index in [0.29, 0.717) is 17.5 Å². The molecule has 11 aromatic rings. The molecular weight excluding hydrogens is 743 g/mol. The van der Waals surface area contributed by atoms with Gasteiger partial charge in [-0.25, -0.2) is 19.9 Å². The summed E-state index contributed by atoms with van der Waals surface area (Å²) in [5.74, 6) is 1.88. The van der Waals surface area contributed by atoms with Gasteiger partial charge in [-0.05, 0) is 62.9 Å². The highest BCUT2D eigenvalue weighted by Gasteiger charge is 2.17. The van der Waals surface area contributed by atoms with Crippen LogP contribution in [0.1, 0.15) is 0 Å². The summed E-state index contributed by atoms with van der Waals surface area (Å²) in [6.07, 6.45) is 0. The van der Waals surface area contributed by atoms with Gasteiger partial charge in [-0.1, -0.05) is 164 Å². The Bertz CT molecular complexity index is 3310. The van der Waals surface area contributed by atoms with Gasteiger partial charge in [0.1, 0.15) is 16.0 Å². The van der Waals surface area contributed by atoms with Crippen LogP contribution in [0.3, 0.4) is 0 Å². The smallest absolute Gasteiger partial charge is 0.164 e. The number of hydrogen-bond donors (Lipinski definition) is 0. The summed E-state index contributed by atoms with van der Waals surface area (Å²) in [6.45, 7) is 0. The maximum Gasteiger partial charge on any atom is 0.164 e. The van der Waals surface area contributed by atoms with Gasteiger partial charge in [0.05, 0.1) is 10.2 Å². The Morgan fingerprint density at radius 2 is 0.797 bits per heavy atom. The minimum Gasteiger partial charge on any atom is -0.237 e. The average molecular weight is 774 g/mol. The molecule has 0 aliphatic rings. The van der Waals surface area contributed by atoms with E-state index in [1.807, 2.05) is 54.6 Å². The molecule has 0 atom stereocenters. The van der Waals surface area contributed by atoms with Crippen LogP contribution in [-0.4, -0.2) is 35.3 Å². The van der Waals surface area contributed by atoms with Crippen molar-refractivity contribution in [2.75, 3.05) is 0 Å². The third-order valence-corrected chi connectivity index (χ3v) is 11.7. The molecule has 59 heavy (non-hydrogen) atoms. The number of rotatable bonds is 7. The molecule has 4 heterocycles. The average Bonchev–Trinajstić information content (AvgIpc) is 3.69. The Balaban J connectivity index is 0.909. The topological polar surface area (TPSA) is 90.2 Å². The highest BCUT2D eigenvalue weighted by molar-refractivity contribution is 7.25. The Morgan fingerprint density at radius 1 is 0.339 bits per heavy atom. The molecule has 0 spiro atoms. The van der Waals surface area contributed by atoms with Crippen molar-refractivity contribution in [1.82, 2.24) is 35.3 Å². The fourth-order valence-corrected chi connectivity index (χ4v) is 8.65. The lowest BCUT2D eigenvalue weighted by Crippen LogP contribution is -2.00. The van der Waals surface area contributed by atoms with E-state index >= 15 is 0 Å². The molecular formula is C51H31N7S. The summed E-state index contributed by atoms with van der Waals surface area (Å²) in [5, 5.41) is 15.3. The van der Waals surface area contributed by atoms with Gasteiger partial charge in [-0.3, -0.25) is 0 Å². The van der Waals surface area contributed by atoms with Gasteiger partial charge < -0.3 is 0 Å². The zero-order valence-corrected chi connectivity index (χ0v) is 32.3. The monoisotopic (exact) mass is 773 g/mol. The SMILES string of the molecule is c1ccc(-c2ccc(-c3nc(-c4ccccc4)nc(-c4ccc(-c5cccc(-c6cccc(-c7nnnc8c7sc7nc9ccccc9cc78)c6)c5)cc4)n3)cc2)cc1. The molecule has 0 unspecified atom stereocenters. The van der Waals surface area contributed by atoms with Crippen LogP contribution in [0, 0.1) is 0 Å². The number of benzene rings is 7. The highest BCUT2D eigenvalue weighted by atomic mass is 32.1. The van der Waals surface area contributed by atoms with Crippen molar-refractivity contribution in [3.63, 3.8) is 0 Å². The second-order valence-electron chi connectivity index (χ2n) is 14.3. The second kappa shape index (κ2) is 14.6. The van der Waals surface area contributed by atoms with Crippen LogP contribution in [0.2, 0.25) is 0 Å². The van der Waals surface area contributed by atoms with Crippen LogP contribution in [0.4, 0.5) is 0 Å². The summed E-state index contributed by atoms with van der Waals surface area (Å²) in [7, 11) is 0. The number of aromatic nitrogens is 7. The number of hydrogen-bond acceptors (Lipinski definition) is 8. The summed E-state index contributed by atoms with van der Waals surface area (Å²) >= 11 is 1.61. The number of nitrogens with zero attached hydrogens (tertiary/aromatic N) is 7. The zero-order chi connectivity index (χ0) is 39.1. The van der Waals surface area contributed by atoms with Crippen LogP contribution in [0.15, 0.2) is 188 Å². The minimum atomic E-state index is 0.620. The molecule has 0 saturated carbocycles. The molecule has 4 aromatic heterocycles. The van der Waals surface area contributed by atoms with Crippen molar-refractivity contribution in [1.29, 1.82) is 0 Å². The first-order chi connectivity index (χ1) is 29.2. The molecule has 276 valence electrons. The van der Waals surface area contributed by atoms with Crippen molar-refractivity contribution in [3.05, 3.63) is 188 Å². The van der Waals surface area contributed by atoms with Gasteiger partial charge in [0, 0.05) is 33.0 Å². The molecule has 7 nitrogen and oxygen atoms in total. The van der Waals surface area contributed by atoms with Crippen molar-refractivity contribution < 1.29 is 0 Å². The molecule has 0 aliphatic carbocycles. The Morgan fingerprint density at radius 3 is 1.44 bits per heavy atom. The Labute approximate surface area is 343 Å². The lowest BCUT2D eigenvalue weighted by Gasteiger charge is -2.10. The summed E-state index contributed by atoms with van der Waals surface area (Å²) in [4.78, 5) is 20.7. The minimum absolute atomic E-state index is 0.620. The fraction of sp³-hybridized carbons (Fsp3) is 0. The third-order valence-electron chi connectivity index (χ3n) is 10.6. The fourth-order valence-electron chi connectivity index (χ4n) is 7.55. The lowest BCUT2D eigenvalue weighted by molar-refractivity contribution is 0.904. The zero-order valence-electron chi connectivity index (χ0n) is 31.4. The predicted octanol–water partition coefficient (Wildman–Crippen LogP) is 12.6. The van der Waals surface area contributed by atoms with Gasteiger partial charge in [-0.2, -0.15) is 0 Å². The maximum atomic E-state index is 5.00. The van der Waals surface area contributed by atoms with Crippen molar-refractivity contribution in [2.45, 2.75) is 0 Å². The predicted molar refractivity (Wildman–Crippen MR) is 239 cm³/mol. The van der Waals surface area contributed by atoms with E-state index in [2.05, 4.69) is 149 Å². The first-order valence-electron chi connectivity index (χ1n) is 19.3. The number of pyridine rings is 1. The summed E-state index contributed by atoms with van der Waals surface area (Å²) in [5.41, 5.74) is 13.0. The summed E-state index contributed by atoms with van der Waals surface area (Å²) in [6, 6.07) is 64.6. The van der Waals surface area contributed by atoms with Crippen LogP contribution >= 0.6 is 11.3 Å². The quantitative estimate of drug-likeness (QED) is 0.159. The van der Waals surface area contributed by atoms with Crippen molar-refractivity contribution in [3.8, 4) is 78.8 Å². The van der Waals surface area contributed by atoms with Gasteiger partial charge in [0.15, 0.2) is 17.5 Å². The molecule has 0 bridgehead atoms. The van der Waals surface area contributed by atoms with Gasteiger partial charge >= 0.3 is 0 Å². The van der Waals surface area contributed by atoms with Crippen LogP contribution < -0.4 is 0 Å². The van der Waals surface area contributed by atoms with Crippen LogP contribution in [-0.2, 0) is 0 Å². The summed E-state index contributed by atoms with van der Waals surface area (Å²) < 4.78 is 0.978. The van der Waals surface area contributed by atoms with E-state index < -0.39 is 0 Å². The first-order valence-corrected chi connectivity index (χ1v) is 20.1. The van der Waals surface area contributed by atoms with E-state index in [1.54, 1.807) is 11.3 Å². The van der Waals surface area contributed by atoms with Crippen molar-refractivity contribution >= 4 is 42.7 Å². The molecule has 0 amide bonds. The van der Waals surface area contributed by atoms with E-state index in [4.69, 9.17) is 19.9 Å². The van der Waals surface area contributed by atoms with Gasteiger partial charge in [0.25, 0.3) is 0 Å². The van der Waals surface area contributed by atoms with E-state index in [1.165, 1.54) is 5.56 Å². The molecule has 7 aromatic carbocycles. The van der Waals surface area contributed by atoms with Crippen LogP contribution in [0.25, 0.3) is 110 Å². The standard InChI is InChI=1S/C51H31N7S/c1-3-11-32(12-4-1)33-21-25-36(26-22-33)49-53-48(35-13-5-2-6-14-35)54-50(55-49)37-27-23-34(24-28-37)38-16-9-17-39(29-38)40-18-10-19-42(30-40)45-47-46(57-58-56-45)43-31-41-15-7-8-20-44(41)52-51(43)59-47/h1-31H. The third kappa shape index (κ3) is 6.57. The highest BCUT2D eigenvalue weighted by Crippen LogP contribution is 2.39. The largest absolute Gasteiger partial charge is 0.237 e. The molecule has 0 N–H and O–H groups in total. The van der Waals surface area contributed by atoms with Gasteiger partial charge in [0.2, 0.25) is 0 Å². The van der Waals surface area contributed by atoms with E-state index in [9.17, 15) is 0 Å². The number of para-hydroxylation sites is 1. The molecule has 0 radical (unpaired) electrons. The molecule has 8 heteroatoms. The maximum absolute atomic E-state index is 5.00. The normalized spacial score (nSPS) is 11.4. The second-order valence-corrected chi connectivity index (χ2v) is 15.3. The lowest BCUT2D eigenvalue weighted by atomic mass is 9.97. The molecule has 0 fully saturated rings. The first kappa shape index (κ1) is 34.4.